The first kappa shape index (κ1) is 11.5. The second-order valence-corrected chi connectivity index (χ2v) is 3.67. The molecule has 0 atom stereocenters. The fraction of sp³-hybridized carbons (Fsp3) is 0.154. The molecule has 1 N–H and O–H groups in total. The SMILES string of the molecule is Cc1ccc(F)cc1Oc1ccc(CO)cn1. The molecule has 0 saturated carbocycles. The van der Waals surface area contributed by atoms with Crippen LogP contribution in [0.25, 0.3) is 0 Å². The second kappa shape index (κ2) is 4.93. The number of nitrogens with zero attached hydrogens (tertiary/aromatic N) is 1. The molecular weight excluding hydrogens is 221 g/mol. The third-order valence-electron chi connectivity index (χ3n) is 2.34. The smallest absolute Gasteiger partial charge is 0.219 e. The van der Waals surface area contributed by atoms with Crippen molar-refractivity contribution >= 4 is 0 Å². The number of pyridine rings is 1. The maximum Gasteiger partial charge on any atom is 0.219 e. The number of aliphatic hydroxyl groups excluding tert-OH is 1. The van der Waals surface area contributed by atoms with Crippen LogP contribution in [0.3, 0.4) is 0 Å². The Kier molecular flexibility index (Phi) is 3.35. The minimum Gasteiger partial charge on any atom is -0.439 e. The number of hydrogen-bond donors (Lipinski definition) is 1. The van der Waals surface area contributed by atoms with Gasteiger partial charge >= 0.3 is 0 Å². The van der Waals surface area contributed by atoms with E-state index in [0.717, 1.165) is 5.56 Å². The number of benzene rings is 1. The lowest BCUT2D eigenvalue weighted by Crippen LogP contribution is -1.92. The van der Waals surface area contributed by atoms with Gasteiger partial charge in [-0.25, -0.2) is 9.37 Å². The van der Waals surface area contributed by atoms with E-state index < -0.39 is 0 Å². The summed E-state index contributed by atoms with van der Waals surface area (Å²) in [5, 5.41) is 8.87. The van der Waals surface area contributed by atoms with Crippen LogP contribution in [0.2, 0.25) is 0 Å². The molecule has 0 saturated heterocycles. The summed E-state index contributed by atoms with van der Waals surface area (Å²) in [4.78, 5) is 4.01. The lowest BCUT2D eigenvalue weighted by atomic mass is 10.2. The summed E-state index contributed by atoms with van der Waals surface area (Å²) in [6, 6.07) is 7.68. The van der Waals surface area contributed by atoms with Crippen LogP contribution in [0.4, 0.5) is 4.39 Å². The van der Waals surface area contributed by atoms with Crippen molar-refractivity contribution in [3.8, 4) is 11.6 Å². The van der Waals surface area contributed by atoms with Crippen molar-refractivity contribution in [1.29, 1.82) is 0 Å². The van der Waals surface area contributed by atoms with Crippen LogP contribution >= 0.6 is 0 Å². The van der Waals surface area contributed by atoms with Gasteiger partial charge < -0.3 is 9.84 Å². The van der Waals surface area contributed by atoms with Crippen LogP contribution in [0.15, 0.2) is 36.5 Å². The Bertz CT molecular complexity index is 511. The lowest BCUT2D eigenvalue weighted by molar-refractivity contribution is 0.281. The molecule has 0 amide bonds. The quantitative estimate of drug-likeness (QED) is 0.886. The fourth-order valence-electron chi connectivity index (χ4n) is 1.36. The van der Waals surface area contributed by atoms with Crippen molar-refractivity contribution in [3.05, 3.63) is 53.5 Å². The largest absolute Gasteiger partial charge is 0.439 e. The molecule has 1 heterocycles. The molecule has 0 bridgehead atoms. The van der Waals surface area contributed by atoms with E-state index in [1.165, 1.54) is 18.3 Å². The summed E-state index contributed by atoms with van der Waals surface area (Å²) in [6.45, 7) is 1.77. The first-order valence-electron chi connectivity index (χ1n) is 5.19. The molecule has 1 aromatic heterocycles. The van der Waals surface area contributed by atoms with Crippen molar-refractivity contribution in [2.45, 2.75) is 13.5 Å². The molecular formula is C13H12FNO2. The third kappa shape index (κ3) is 2.79. The summed E-state index contributed by atoms with van der Waals surface area (Å²) in [7, 11) is 0. The Labute approximate surface area is 98.5 Å². The number of ether oxygens (including phenoxy) is 1. The number of aryl methyl sites for hydroxylation is 1. The minimum absolute atomic E-state index is 0.0632. The first-order valence-corrected chi connectivity index (χ1v) is 5.19. The van der Waals surface area contributed by atoms with E-state index in [1.807, 2.05) is 6.92 Å². The maximum atomic E-state index is 13.0. The summed E-state index contributed by atoms with van der Waals surface area (Å²) < 4.78 is 18.5. The highest BCUT2D eigenvalue weighted by molar-refractivity contribution is 5.35. The van der Waals surface area contributed by atoms with Gasteiger partial charge in [0, 0.05) is 18.3 Å². The molecule has 3 nitrogen and oxygen atoms in total. The van der Waals surface area contributed by atoms with Gasteiger partial charge in [-0.1, -0.05) is 6.07 Å². The Morgan fingerprint density at radius 2 is 2.12 bits per heavy atom. The van der Waals surface area contributed by atoms with E-state index in [9.17, 15) is 4.39 Å². The predicted molar refractivity (Wildman–Crippen MR) is 61.4 cm³/mol. The summed E-state index contributed by atoms with van der Waals surface area (Å²) in [5.74, 6) is 0.461. The second-order valence-electron chi connectivity index (χ2n) is 3.67. The Morgan fingerprint density at radius 3 is 2.76 bits per heavy atom. The van der Waals surface area contributed by atoms with Crippen molar-refractivity contribution in [2.75, 3.05) is 0 Å². The topological polar surface area (TPSA) is 42.4 Å². The third-order valence-corrected chi connectivity index (χ3v) is 2.34. The van der Waals surface area contributed by atoms with E-state index >= 15 is 0 Å². The van der Waals surface area contributed by atoms with Crippen LogP contribution < -0.4 is 4.74 Å². The van der Waals surface area contributed by atoms with E-state index in [1.54, 1.807) is 18.2 Å². The van der Waals surface area contributed by atoms with Gasteiger partial charge in [0.1, 0.15) is 11.6 Å². The molecule has 0 unspecified atom stereocenters. The predicted octanol–water partition coefficient (Wildman–Crippen LogP) is 2.81. The minimum atomic E-state index is -0.349. The van der Waals surface area contributed by atoms with Gasteiger partial charge in [-0.15, -0.1) is 0 Å². The molecule has 1 aromatic carbocycles. The molecule has 4 heteroatoms. The zero-order valence-corrected chi connectivity index (χ0v) is 9.35. The van der Waals surface area contributed by atoms with Crippen molar-refractivity contribution < 1.29 is 14.2 Å². The van der Waals surface area contributed by atoms with Gasteiger partial charge in [0.2, 0.25) is 5.88 Å². The van der Waals surface area contributed by atoms with Crippen molar-refractivity contribution in [3.63, 3.8) is 0 Å². The number of halogens is 1. The first-order chi connectivity index (χ1) is 8.19. The van der Waals surface area contributed by atoms with Crippen LogP contribution in [0.5, 0.6) is 11.6 Å². The van der Waals surface area contributed by atoms with Crippen LogP contribution in [-0.4, -0.2) is 10.1 Å². The molecule has 2 aromatic rings. The number of aromatic nitrogens is 1. The summed E-state index contributed by atoms with van der Waals surface area (Å²) in [5.41, 5.74) is 1.53. The zero-order valence-electron chi connectivity index (χ0n) is 9.35. The highest BCUT2D eigenvalue weighted by Gasteiger charge is 2.04. The van der Waals surface area contributed by atoms with Crippen LogP contribution in [-0.2, 0) is 6.61 Å². The van der Waals surface area contributed by atoms with Crippen molar-refractivity contribution in [1.82, 2.24) is 4.98 Å². The molecule has 88 valence electrons. The van der Waals surface area contributed by atoms with Gasteiger partial charge in [-0.05, 0) is 30.2 Å². The van der Waals surface area contributed by atoms with Gasteiger partial charge in [-0.2, -0.15) is 0 Å². The average molecular weight is 233 g/mol. The fourth-order valence-corrected chi connectivity index (χ4v) is 1.36. The normalized spacial score (nSPS) is 10.3. The van der Waals surface area contributed by atoms with Gasteiger partial charge in [0.25, 0.3) is 0 Å². The standard InChI is InChI=1S/C13H12FNO2/c1-9-2-4-11(14)6-12(9)17-13-5-3-10(8-16)7-15-13/h2-7,16H,8H2,1H3. The number of aliphatic hydroxyl groups is 1. The molecule has 0 aliphatic heterocycles. The van der Waals surface area contributed by atoms with Crippen LogP contribution in [0, 0.1) is 12.7 Å². The summed E-state index contributed by atoms with van der Waals surface area (Å²) >= 11 is 0. The van der Waals surface area contributed by atoms with E-state index in [0.29, 0.717) is 17.2 Å². The zero-order chi connectivity index (χ0) is 12.3. The molecule has 0 radical (unpaired) electrons. The number of hydrogen-bond acceptors (Lipinski definition) is 3. The average Bonchev–Trinajstić information content (AvgIpc) is 2.35. The monoisotopic (exact) mass is 233 g/mol. The highest BCUT2D eigenvalue weighted by atomic mass is 19.1. The molecule has 2 rings (SSSR count). The number of rotatable bonds is 3. The summed E-state index contributed by atoms with van der Waals surface area (Å²) in [6.07, 6.45) is 1.52. The molecule has 17 heavy (non-hydrogen) atoms. The Morgan fingerprint density at radius 1 is 1.29 bits per heavy atom. The van der Waals surface area contributed by atoms with E-state index in [-0.39, 0.29) is 12.4 Å². The Hall–Kier alpha value is -1.94. The maximum absolute atomic E-state index is 13.0. The molecule has 0 aliphatic rings. The lowest BCUT2D eigenvalue weighted by Gasteiger charge is -2.07. The van der Waals surface area contributed by atoms with E-state index in [2.05, 4.69) is 4.98 Å². The van der Waals surface area contributed by atoms with Gasteiger partial charge in [-0.3, -0.25) is 0 Å². The molecule has 0 aliphatic carbocycles. The van der Waals surface area contributed by atoms with Gasteiger partial charge in [0.05, 0.1) is 6.61 Å². The molecule has 0 fully saturated rings. The highest BCUT2D eigenvalue weighted by Crippen LogP contribution is 2.24. The van der Waals surface area contributed by atoms with Crippen molar-refractivity contribution in [2.24, 2.45) is 0 Å². The van der Waals surface area contributed by atoms with E-state index in [4.69, 9.17) is 9.84 Å². The Balaban J connectivity index is 2.22. The molecule has 0 spiro atoms. The van der Waals surface area contributed by atoms with Gasteiger partial charge in [0.15, 0.2) is 0 Å². The van der Waals surface area contributed by atoms with Crippen LogP contribution in [0.1, 0.15) is 11.1 Å².